The maximum atomic E-state index is 13.1. The summed E-state index contributed by atoms with van der Waals surface area (Å²) < 4.78 is 18.7. The van der Waals surface area contributed by atoms with E-state index in [1.807, 2.05) is 12.1 Å². The van der Waals surface area contributed by atoms with Crippen LogP contribution in [0.4, 0.5) is 10.1 Å². The minimum atomic E-state index is -0.178. The van der Waals surface area contributed by atoms with Crippen LogP contribution >= 0.6 is 0 Å². The van der Waals surface area contributed by atoms with Crippen molar-refractivity contribution >= 4 is 5.69 Å². The normalized spacial score (nSPS) is 17.7. The molecule has 1 aromatic carbocycles. The molecule has 0 aliphatic carbocycles. The second-order valence-electron chi connectivity index (χ2n) is 5.88. The predicted octanol–water partition coefficient (Wildman–Crippen LogP) is 3.06. The van der Waals surface area contributed by atoms with Crippen molar-refractivity contribution in [3.63, 3.8) is 0 Å². The smallest absolute Gasteiger partial charge is 0.123 e. The summed E-state index contributed by atoms with van der Waals surface area (Å²) in [5.41, 5.74) is 1.35. The fraction of sp³-hybridized carbons (Fsp3) is 0.647. The highest BCUT2D eigenvalue weighted by atomic mass is 19.1. The van der Waals surface area contributed by atoms with Crippen molar-refractivity contribution in [1.29, 1.82) is 0 Å². The van der Waals surface area contributed by atoms with Crippen molar-refractivity contribution in [3.05, 3.63) is 30.1 Å². The summed E-state index contributed by atoms with van der Waals surface area (Å²) in [7, 11) is 0. The average Bonchev–Trinajstić information content (AvgIpc) is 2.53. The van der Waals surface area contributed by atoms with Crippen molar-refractivity contribution in [1.82, 2.24) is 5.32 Å². The molecule has 1 saturated heterocycles. The zero-order chi connectivity index (χ0) is 15.1. The molecule has 1 aromatic rings. The van der Waals surface area contributed by atoms with Crippen LogP contribution in [0.25, 0.3) is 0 Å². The van der Waals surface area contributed by atoms with Gasteiger partial charge in [0.15, 0.2) is 0 Å². The van der Waals surface area contributed by atoms with Crippen LogP contribution in [0.1, 0.15) is 26.7 Å². The van der Waals surface area contributed by atoms with E-state index in [1.165, 1.54) is 0 Å². The molecule has 0 spiro atoms. The Balaban J connectivity index is 2.10. The lowest BCUT2D eigenvalue weighted by Crippen LogP contribution is -2.47. The first-order chi connectivity index (χ1) is 10.2. The summed E-state index contributed by atoms with van der Waals surface area (Å²) in [6.07, 6.45) is 2.16. The summed E-state index contributed by atoms with van der Waals surface area (Å²) in [4.78, 5) is 2.35. The van der Waals surface area contributed by atoms with E-state index in [0.717, 1.165) is 57.9 Å². The van der Waals surface area contributed by atoms with Gasteiger partial charge in [-0.3, -0.25) is 0 Å². The zero-order valence-electron chi connectivity index (χ0n) is 13.2. The summed E-state index contributed by atoms with van der Waals surface area (Å²) in [6, 6.07) is 6.83. The molecule has 0 bridgehead atoms. The van der Waals surface area contributed by atoms with Gasteiger partial charge >= 0.3 is 0 Å². The van der Waals surface area contributed by atoms with Crippen LogP contribution in [0.3, 0.4) is 0 Å². The molecule has 2 rings (SSSR count). The van der Waals surface area contributed by atoms with Crippen molar-refractivity contribution in [3.8, 4) is 0 Å². The summed E-state index contributed by atoms with van der Waals surface area (Å²) >= 11 is 0. The van der Waals surface area contributed by atoms with Gasteiger partial charge in [-0.1, -0.05) is 6.92 Å². The molecule has 0 unspecified atom stereocenters. The first-order valence-electron chi connectivity index (χ1n) is 7.98. The Hall–Kier alpha value is -1.13. The van der Waals surface area contributed by atoms with Crippen LogP contribution in [-0.4, -0.2) is 39.4 Å². The molecule has 3 nitrogen and oxygen atoms in total. The topological polar surface area (TPSA) is 24.5 Å². The number of ether oxygens (including phenoxy) is 1. The van der Waals surface area contributed by atoms with E-state index in [2.05, 4.69) is 24.1 Å². The maximum Gasteiger partial charge on any atom is 0.123 e. The van der Waals surface area contributed by atoms with Crippen LogP contribution in [-0.2, 0) is 4.74 Å². The van der Waals surface area contributed by atoms with Gasteiger partial charge in [-0.15, -0.1) is 0 Å². The van der Waals surface area contributed by atoms with Crippen LogP contribution < -0.4 is 10.2 Å². The highest BCUT2D eigenvalue weighted by Gasteiger charge is 2.34. The van der Waals surface area contributed by atoms with Gasteiger partial charge < -0.3 is 15.0 Å². The number of anilines is 1. The number of hydrogen-bond acceptors (Lipinski definition) is 3. The van der Waals surface area contributed by atoms with Crippen LogP contribution in [0.15, 0.2) is 24.3 Å². The zero-order valence-corrected chi connectivity index (χ0v) is 13.2. The molecule has 4 heteroatoms. The lowest BCUT2D eigenvalue weighted by atomic mass is 9.79. The van der Waals surface area contributed by atoms with E-state index >= 15 is 0 Å². The number of benzene rings is 1. The number of rotatable bonds is 7. The molecule has 21 heavy (non-hydrogen) atoms. The van der Waals surface area contributed by atoms with Crippen molar-refractivity contribution < 1.29 is 9.13 Å². The van der Waals surface area contributed by atoms with E-state index in [9.17, 15) is 4.39 Å². The second-order valence-corrected chi connectivity index (χ2v) is 5.88. The number of nitrogens with one attached hydrogen (secondary N) is 1. The van der Waals surface area contributed by atoms with Crippen molar-refractivity contribution in [2.75, 3.05) is 44.3 Å². The van der Waals surface area contributed by atoms with Gasteiger partial charge in [-0.2, -0.15) is 0 Å². The van der Waals surface area contributed by atoms with Gasteiger partial charge in [-0.05, 0) is 50.6 Å². The third kappa shape index (κ3) is 4.42. The Morgan fingerprint density at radius 1 is 1.19 bits per heavy atom. The van der Waals surface area contributed by atoms with Gasteiger partial charge in [0.2, 0.25) is 0 Å². The van der Waals surface area contributed by atoms with Gasteiger partial charge in [0.05, 0.1) is 0 Å². The Morgan fingerprint density at radius 2 is 1.86 bits per heavy atom. The lowest BCUT2D eigenvalue weighted by molar-refractivity contribution is 0.0186. The molecule has 1 aliphatic rings. The standard InChI is InChI=1S/C17H27FN2O/c1-3-19-13-17(9-11-21-12-10-17)14-20(4-2)16-7-5-15(18)6-8-16/h5-8,19H,3-4,9-14H2,1-2H3. The maximum absolute atomic E-state index is 13.1. The second kappa shape index (κ2) is 7.76. The van der Waals surface area contributed by atoms with Crippen LogP contribution in [0, 0.1) is 11.2 Å². The molecule has 1 N–H and O–H groups in total. The molecular formula is C17H27FN2O. The monoisotopic (exact) mass is 294 g/mol. The highest BCUT2D eigenvalue weighted by Crippen LogP contribution is 2.32. The van der Waals surface area contributed by atoms with E-state index in [0.29, 0.717) is 0 Å². The minimum absolute atomic E-state index is 0.178. The van der Waals surface area contributed by atoms with E-state index < -0.39 is 0 Å². The lowest BCUT2D eigenvalue weighted by Gasteiger charge is -2.41. The third-order valence-corrected chi connectivity index (χ3v) is 4.40. The molecule has 0 aromatic heterocycles. The summed E-state index contributed by atoms with van der Waals surface area (Å²) in [6.45, 7) is 9.91. The largest absolute Gasteiger partial charge is 0.381 e. The number of hydrogen-bond donors (Lipinski definition) is 1. The Kier molecular flexibility index (Phi) is 6.00. The minimum Gasteiger partial charge on any atom is -0.381 e. The number of nitrogens with zero attached hydrogens (tertiary/aromatic N) is 1. The summed E-state index contributed by atoms with van der Waals surface area (Å²) in [5.74, 6) is -0.178. The molecule has 1 heterocycles. The Bertz CT molecular complexity index is 415. The first-order valence-corrected chi connectivity index (χ1v) is 7.98. The Labute approximate surface area is 127 Å². The van der Waals surface area contributed by atoms with Gasteiger partial charge in [-0.25, -0.2) is 4.39 Å². The third-order valence-electron chi connectivity index (χ3n) is 4.40. The Morgan fingerprint density at radius 3 is 2.43 bits per heavy atom. The fourth-order valence-electron chi connectivity index (χ4n) is 3.03. The van der Waals surface area contributed by atoms with Crippen LogP contribution in [0.5, 0.6) is 0 Å². The van der Waals surface area contributed by atoms with Crippen molar-refractivity contribution in [2.45, 2.75) is 26.7 Å². The van der Waals surface area contributed by atoms with Gasteiger partial charge in [0, 0.05) is 44.0 Å². The van der Waals surface area contributed by atoms with Crippen LogP contribution in [0.2, 0.25) is 0 Å². The molecule has 118 valence electrons. The average molecular weight is 294 g/mol. The molecule has 0 radical (unpaired) electrons. The number of halogens is 1. The molecule has 1 fully saturated rings. The highest BCUT2D eigenvalue weighted by molar-refractivity contribution is 5.46. The molecule has 0 saturated carbocycles. The molecule has 0 atom stereocenters. The predicted molar refractivity (Wildman–Crippen MR) is 85.3 cm³/mol. The van der Waals surface area contributed by atoms with Crippen molar-refractivity contribution in [2.24, 2.45) is 5.41 Å². The van der Waals surface area contributed by atoms with Gasteiger partial charge in [0.25, 0.3) is 0 Å². The van der Waals surface area contributed by atoms with E-state index in [-0.39, 0.29) is 11.2 Å². The quantitative estimate of drug-likeness (QED) is 0.836. The SMILES string of the molecule is CCNCC1(CN(CC)c2ccc(F)cc2)CCOCC1. The fourth-order valence-corrected chi connectivity index (χ4v) is 3.03. The van der Waals surface area contributed by atoms with Gasteiger partial charge in [0.1, 0.15) is 5.82 Å². The molecule has 1 aliphatic heterocycles. The van der Waals surface area contributed by atoms with E-state index in [1.54, 1.807) is 12.1 Å². The summed E-state index contributed by atoms with van der Waals surface area (Å²) in [5, 5.41) is 3.51. The first kappa shape index (κ1) is 16.2. The molecular weight excluding hydrogens is 267 g/mol. The van der Waals surface area contributed by atoms with E-state index in [4.69, 9.17) is 4.74 Å². The molecule has 0 amide bonds.